The van der Waals surface area contributed by atoms with Crippen LogP contribution in [-0.2, 0) is 20.6 Å². The lowest BCUT2D eigenvalue weighted by atomic mass is 9.85. The van der Waals surface area contributed by atoms with Crippen LogP contribution in [0, 0.1) is 11.8 Å². The molecule has 32 heavy (non-hydrogen) atoms. The number of halogens is 3. The van der Waals surface area contributed by atoms with Crippen molar-refractivity contribution in [3.8, 4) is 0 Å². The number of amides is 3. The molecule has 0 unspecified atom stereocenters. The number of benzene rings is 1. The van der Waals surface area contributed by atoms with Crippen LogP contribution < -0.4 is 5.32 Å². The van der Waals surface area contributed by atoms with E-state index in [1.165, 1.54) is 23.1 Å². The molecule has 1 aromatic carbocycles. The van der Waals surface area contributed by atoms with Gasteiger partial charge in [-0.15, -0.1) is 0 Å². The SMILES string of the molecule is O=C(CN1CCN(CN2C(=O)[C@H]3CC=CC[C@H]3C2=O)CC1)Nc1ccccc1C(F)(F)F. The van der Waals surface area contributed by atoms with Crippen molar-refractivity contribution in [2.45, 2.75) is 19.0 Å². The van der Waals surface area contributed by atoms with Gasteiger partial charge in [0.1, 0.15) is 0 Å². The molecule has 2 saturated heterocycles. The van der Waals surface area contributed by atoms with E-state index >= 15 is 0 Å². The fraction of sp³-hybridized carbons (Fsp3) is 0.500. The van der Waals surface area contributed by atoms with Crippen molar-refractivity contribution in [2.75, 3.05) is 44.7 Å². The molecule has 2 fully saturated rings. The molecule has 2 heterocycles. The fourth-order valence-corrected chi connectivity index (χ4v) is 4.53. The number of fused-ring (bicyclic) bond motifs is 1. The van der Waals surface area contributed by atoms with E-state index in [0.717, 1.165) is 6.07 Å². The van der Waals surface area contributed by atoms with E-state index in [4.69, 9.17) is 0 Å². The van der Waals surface area contributed by atoms with Gasteiger partial charge in [0.2, 0.25) is 17.7 Å². The van der Waals surface area contributed by atoms with Crippen LogP contribution in [0.5, 0.6) is 0 Å². The number of hydrogen-bond donors (Lipinski definition) is 1. The molecule has 3 aliphatic rings. The molecule has 10 heteroatoms. The molecule has 2 atom stereocenters. The average Bonchev–Trinajstić information content (AvgIpc) is 3.00. The number of piperazine rings is 1. The summed E-state index contributed by atoms with van der Waals surface area (Å²) >= 11 is 0. The van der Waals surface area contributed by atoms with E-state index in [1.54, 1.807) is 0 Å². The predicted molar refractivity (Wildman–Crippen MR) is 110 cm³/mol. The van der Waals surface area contributed by atoms with Crippen LogP contribution in [-0.4, -0.2) is 71.8 Å². The van der Waals surface area contributed by atoms with Gasteiger partial charge in [-0.05, 0) is 25.0 Å². The Morgan fingerprint density at radius 3 is 2.09 bits per heavy atom. The maximum atomic E-state index is 13.1. The second-order valence-corrected chi connectivity index (χ2v) is 8.39. The maximum absolute atomic E-state index is 13.1. The van der Waals surface area contributed by atoms with E-state index in [9.17, 15) is 27.6 Å². The Labute approximate surface area is 183 Å². The number of nitrogens with zero attached hydrogens (tertiary/aromatic N) is 3. The quantitative estimate of drug-likeness (QED) is 0.550. The van der Waals surface area contributed by atoms with E-state index in [0.29, 0.717) is 39.0 Å². The van der Waals surface area contributed by atoms with Crippen LogP contribution in [0.2, 0.25) is 0 Å². The summed E-state index contributed by atoms with van der Waals surface area (Å²) in [4.78, 5) is 42.7. The maximum Gasteiger partial charge on any atom is 0.418 e. The molecule has 3 amide bonds. The largest absolute Gasteiger partial charge is 0.418 e. The summed E-state index contributed by atoms with van der Waals surface area (Å²) in [5, 5.41) is 2.36. The summed E-state index contributed by atoms with van der Waals surface area (Å²) in [5.74, 6) is -1.25. The van der Waals surface area contributed by atoms with Gasteiger partial charge in [0.25, 0.3) is 0 Å². The molecule has 0 saturated carbocycles. The van der Waals surface area contributed by atoms with Crippen LogP contribution in [0.1, 0.15) is 18.4 Å². The Hall–Kier alpha value is -2.72. The van der Waals surface area contributed by atoms with E-state index < -0.39 is 17.6 Å². The lowest BCUT2D eigenvalue weighted by molar-refractivity contribution is -0.143. The molecule has 1 aliphatic carbocycles. The summed E-state index contributed by atoms with van der Waals surface area (Å²) < 4.78 is 39.3. The second-order valence-electron chi connectivity index (χ2n) is 8.39. The first kappa shape index (κ1) is 22.5. The van der Waals surface area contributed by atoms with Crippen LogP contribution in [0.25, 0.3) is 0 Å². The first-order valence-corrected chi connectivity index (χ1v) is 10.6. The van der Waals surface area contributed by atoms with Gasteiger partial charge < -0.3 is 5.32 Å². The molecule has 1 aromatic rings. The van der Waals surface area contributed by atoms with Gasteiger partial charge in [0.05, 0.1) is 36.3 Å². The highest BCUT2D eigenvalue weighted by Crippen LogP contribution is 2.35. The van der Waals surface area contributed by atoms with Crippen molar-refractivity contribution in [2.24, 2.45) is 11.8 Å². The van der Waals surface area contributed by atoms with E-state index in [-0.39, 0.29) is 42.6 Å². The minimum Gasteiger partial charge on any atom is -0.324 e. The summed E-state index contributed by atoms with van der Waals surface area (Å²) in [5.41, 5.74) is -1.14. The highest BCUT2D eigenvalue weighted by molar-refractivity contribution is 6.05. The normalized spacial score (nSPS) is 24.7. The number of likely N-dealkylation sites (tertiary alicyclic amines) is 1. The molecule has 2 aliphatic heterocycles. The zero-order valence-electron chi connectivity index (χ0n) is 17.5. The smallest absolute Gasteiger partial charge is 0.324 e. The van der Waals surface area contributed by atoms with Gasteiger partial charge in [-0.1, -0.05) is 24.3 Å². The molecule has 4 rings (SSSR count). The number of carbonyl (C=O) groups excluding carboxylic acids is 3. The molecule has 7 nitrogen and oxygen atoms in total. The van der Waals surface area contributed by atoms with Crippen LogP contribution in [0.3, 0.4) is 0 Å². The predicted octanol–water partition coefficient (Wildman–Crippen LogP) is 2.17. The Bertz CT molecular complexity index is 899. The zero-order valence-corrected chi connectivity index (χ0v) is 17.5. The van der Waals surface area contributed by atoms with Crippen LogP contribution >= 0.6 is 0 Å². The van der Waals surface area contributed by atoms with Crippen molar-refractivity contribution < 1.29 is 27.6 Å². The standard InChI is InChI=1S/C22H25F3N4O3/c23-22(24,25)17-7-3-4-8-18(17)26-19(30)13-27-9-11-28(12-10-27)14-29-20(31)15-5-1-2-6-16(15)21(29)32/h1-4,7-8,15-16H,5-6,9-14H2,(H,26,30)/t15-,16+. The molecule has 0 spiro atoms. The number of para-hydroxylation sites is 1. The minimum atomic E-state index is -4.55. The third kappa shape index (κ3) is 4.71. The number of nitrogens with one attached hydrogen (secondary N) is 1. The summed E-state index contributed by atoms with van der Waals surface area (Å²) in [6.07, 6.45) is 0.561. The highest BCUT2D eigenvalue weighted by atomic mass is 19.4. The Morgan fingerprint density at radius 2 is 1.50 bits per heavy atom. The Morgan fingerprint density at radius 1 is 0.938 bits per heavy atom. The lowest BCUT2D eigenvalue weighted by Gasteiger charge is -2.35. The summed E-state index contributed by atoms with van der Waals surface area (Å²) in [6.45, 7) is 2.34. The van der Waals surface area contributed by atoms with Gasteiger partial charge in [0, 0.05) is 26.2 Å². The van der Waals surface area contributed by atoms with Gasteiger partial charge in [0.15, 0.2) is 0 Å². The third-order valence-corrected chi connectivity index (χ3v) is 6.28. The number of anilines is 1. The first-order chi connectivity index (χ1) is 15.2. The Balaban J connectivity index is 1.26. The molecule has 0 aromatic heterocycles. The van der Waals surface area contributed by atoms with Gasteiger partial charge in [-0.2, -0.15) is 13.2 Å². The van der Waals surface area contributed by atoms with Crippen molar-refractivity contribution in [3.63, 3.8) is 0 Å². The summed E-state index contributed by atoms with van der Waals surface area (Å²) in [7, 11) is 0. The number of alkyl halides is 3. The van der Waals surface area contributed by atoms with Crippen molar-refractivity contribution >= 4 is 23.4 Å². The Kier molecular flexibility index (Phi) is 6.34. The molecule has 0 radical (unpaired) electrons. The van der Waals surface area contributed by atoms with Gasteiger partial charge >= 0.3 is 6.18 Å². The molecular weight excluding hydrogens is 425 g/mol. The van der Waals surface area contributed by atoms with Crippen molar-refractivity contribution in [3.05, 3.63) is 42.0 Å². The molecule has 1 N–H and O–H groups in total. The topological polar surface area (TPSA) is 73.0 Å². The monoisotopic (exact) mass is 450 g/mol. The van der Waals surface area contributed by atoms with E-state index in [1.807, 2.05) is 22.0 Å². The zero-order chi connectivity index (χ0) is 22.9. The average molecular weight is 450 g/mol. The highest BCUT2D eigenvalue weighted by Gasteiger charge is 2.47. The summed E-state index contributed by atoms with van der Waals surface area (Å²) in [6, 6.07) is 4.88. The van der Waals surface area contributed by atoms with Gasteiger partial charge in [-0.25, -0.2) is 0 Å². The number of carbonyl (C=O) groups is 3. The molecular formula is C22H25F3N4O3. The van der Waals surface area contributed by atoms with Crippen molar-refractivity contribution in [1.29, 1.82) is 0 Å². The second kappa shape index (κ2) is 9.03. The van der Waals surface area contributed by atoms with Crippen molar-refractivity contribution in [1.82, 2.24) is 14.7 Å². The van der Waals surface area contributed by atoms with E-state index in [2.05, 4.69) is 5.32 Å². The van der Waals surface area contributed by atoms with Crippen LogP contribution in [0.15, 0.2) is 36.4 Å². The molecule has 172 valence electrons. The third-order valence-electron chi connectivity index (χ3n) is 6.28. The first-order valence-electron chi connectivity index (χ1n) is 10.6. The molecule has 0 bridgehead atoms. The number of imide groups is 1. The fourth-order valence-electron chi connectivity index (χ4n) is 4.53. The number of rotatable bonds is 5. The van der Waals surface area contributed by atoms with Crippen LogP contribution in [0.4, 0.5) is 18.9 Å². The number of allylic oxidation sites excluding steroid dienone is 2. The minimum absolute atomic E-state index is 0.0303. The lowest BCUT2D eigenvalue weighted by Crippen LogP contribution is -2.52. The van der Waals surface area contributed by atoms with Gasteiger partial charge in [-0.3, -0.25) is 29.1 Å². The number of hydrogen-bond acceptors (Lipinski definition) is 5.